The zero-order valence-corrected chi connectivity index (χ0v) is 22.5. The molecule has 1 aliphatic rings. The standard InChI is InChI=1S/C22H20BrCl2N5O2S2/c23-16-12-27-30-20(10-18(28-22(16)30)15-5-1-2-6-17(15)24)26-11-14-4-3-9-29(13-14)34(31,32)21-8-7-19(25)33-21/h1-2,5-8,10,12,14,26H,3-4,9,11,13H2. The molecule has 0 bridgehead atoms. The Balaban J connectivity index is 1.38. The molecule has 0 spiro atoms. The Kier molecular flexibility index (Phi) is 6.89. The minimum Gasteiger partial charge on any atom is -0.370 e. The van der Waals surface area contributed by atoms with Crippen LogP contribution in [0.3, 0.4) is 0 Å². The third kappa shape index (κ3) is 4.72. The van der Waals surface area contributed by atoms with Crippen molar-refractivity contribution in [2.24, 2.45) is 5.92 Å². The zero-order valence-electron chi connectivity index (χ0n) is 17.8. The van der Waals surface area contributed by atoms with Gasteiger partial charge in [0.1, 0.15) is 10.0 Å². The molecule has 1 N–H and O–H groups in total. The second-order valence-corrected chi connectivity index (χ2v) is 13.2. The third-order valence-corrected chi connectivity index (χ3v) is 10.2. The van der Waals surface area contributed by atoms with Gasteiger partial charge in [0.2, 0.25) is 0 Å². The van der Waals surface area contributed by atoms with Gasteiger partial charge >= 0.3 is 0 Å². The van der Waals surface area contributed by atoms with Crippen molar-refractivity contribution in [3.8, 4) is 11.3 Å². The number of hydrogen-bond donors (Lipinski definition) is 1. The van der Waals surface area contributed by atoms with E-state index in [0.29, 0.717) is 34.6 Å². The number of rotatable bonds is 6. The van der Waals surface area contributed by atoms with E-state index < -0.39 is 10.0 Å². The molecule has 5 rings (SSSR count). The van der Waals surface area contributed by atoms with E-state index in [9.17, 15) is 8.42 Å². The largest absolute Gasteiger partial charge is 0.370 e. The number of nitrogens with one attached hydrogen (secondary N) is 1. The number of benzene rings is 1. The quantitative estimate of drug-likeness (QED) is 0.292. The van der Waals surface area contributed by atoms with Crippen molar-refractivity contribution < 1.29 is 8.42 Å². The minimum absolute atomic E-state index is 0.143. The van der Waals surface area contributed by atoms with Crippen molar-refractivity contribution in [2.75, 3.05) is 25.0 Å². The molecule has 1 aliphatic heterocycles. The van der Waals surface area contributed by atoms with Crippen LogP contribution in [0.25, 0.3) is 16.9 Å². The molecule has 0 radical (unpaired) electrons. The Morgan fingerprint density at radius 2 is 2.03 bits per heavy atom. The van der Waals surface area contributed by atoms with Gasteiger partial charge in [0, 0.05) is 36.3 Å². The summed E-state index contributed by atoms with van der Waals surface area (Å²) in [6.45, 7) is 1.55. The molecule has 1 unspecified atom stereocenters. The highest BCUT2D eigenvalue weighted by molar-refractivity contribution is 9.10. The topological polar surface area (TPSA) is 79.6 Å². The third-order valence-electron chi connectivity index (χ3n) is 5.77. The number of anilines is 1. The second kappa shape index (κ2) is 9.75. The lowest BCUT2D eigenvalue weighted by Gasteiger charge is -2.31. The second-order valence-electron chi connectivity index (χ2n) is 8.05. The van der Waals surface area contributed by atoms with Crippen molar-refractivity contribution in [1.82, 2.24) is 18.9 Å². The van der Waals surface area contributed by atoms with Crippen molar-refractivity contribution in [3.05, 3.63) is 62.5 Å². The van der Waals surface area contributed by atoms with Crippen molar-refractivity contribution in [3.63, 3.8) is 0 Å². The average molecular weight is 601 g/mol. The number of thiophene rings is 1. The first-order valence-electron chi connectivity index (χ1n) is 10.6. The van der Waals surface area contributed by atoms with Gasteiger partial charge in [0.15, 0.2) is 5.65 Å². The summed E-state index contributed by atoms with van der Waals surface area (Å²) in [5.41, 5.74) is 2.22. The summed E-state index contributed by atoms with van der Waals surface area (Å²) in [6, 6.07) is 12.7. The van der Waals surface area contributed by atoms with Crippen LogP contribution >= 0.6 is 50.5 Å². The Morgan fingerprint density at radius 3 is 2.79 bits per heavy atom. The molecule has 1 fully saturated rings. The number of fused-ring (bicyclic) bond motifs is 1. The van der Waals surface area contributed by atoms with Gasteiger partial charge in [-0.3, -0.25) is 0 Å². The van der Waals surface area contributed by atoms with E-state index in [-0.39, 0.29) is 10.1 Å². The van der Waals surface area contributed by atoms with Crippen molar-refractivity contribution in [2.45, 2.75) is 17.1 Å². The van der Waals surface area contributed by atoms with Crippen LogP contribution in [0.1, 0.15) is 12.8 Å². The van der Waals surface area contributed by atoms with Gasteiger partial charge in [0.25, 0.3) is 10.0 Å². The highest BCUT2D eigenvalue weighted by atomic mass is 79.9. The summed E-state index contributed by atoms with van der Waals surface area (Å²) in [4.78, 5) is 4.73. The minimum atomic E-state index is -3.54. The molecule has 12 heteroatoms. The van der Waals surface area contributed by atoms with E-state index in [1.165, 1.54) is 0 Å². The normalized spacial score (nSPS) is 17.3. The van der Waals surface area contributed by atoms with Gasteiger partial charge < -0.3 is 5.32 Å². The Morgan fingerprint density at radius 1 is 1.21 bits per heavy atom. The van der Waals surface area contributed by atoms with Crippen LogP contribution in [0.2, 0.25) is 9.36 Å². The molecule has 0 aliphatic carbocycles. The monoisotopic (exact) mass is 599 g/mol. The molecule has 34 heavy (non-hydrogen) atoms. The highest BCUT2D eigenvalue weighted by Crippen LogP contribution is 2.32. The summed E-state index contributed by atoms with van der Waals surface area (Å²) in [7, 11) is -3.54. The molecule has 178 valence electrons. The van der Waals surface area contributed by atoms with Crippen LogP contribution in [0, 0.1) is 5.92 Å². The van der Waals surface area contributed by atoms with Gasteiger partial charge in [-0.05, 0) is 52.9 Å². The molecular weight excluding hydrogens is 581 g/mol. The molecule has 1 saturated heterocycles. The fraction of sp³-hybridized carbons (Fsp3) is 0.273. The summed E-state index contributed by atoms with van der Waals surface area (Å²) in [5.74, 6) is 0.903. The van der Waals surface area contributed by atoms with Gasteiger partial charge in [-0.1, -0.05) is 41.4 Å². The van der Waals surface area contributed by atoms with E-state index in [0.717, 1.165) is 45.7 Å². The lowest BCUT2D eigenvalue weighted by atomic mass is 10.00. The fourth-order valence-corrected chi connectivity index (χ4v) is 7.87. The number of halogens is 3. The predicted octanol–water partition coefficient (Wildman–Crippen LogP) is 6.04. The average Bonchev–Trinajstić information content (AvgIpc) is 3.44. The molecule has 7 nitrogen and oxygen atoms in total. The van der Waals surface area contributed by atoms with E-state index in [1.807, 2.05) is 30.3 Å². The lowest BCUT2D eigenvalue weighted by molar-refractivity contribution is 0.275. The van der Waals surface area contributed by atoms with Crippen molar-refractivity contribution in [1.29, 1.82) is 0 Å². The number of sulfonamides is 1. The maximum atomic E-state index is 13.0. The van der Waals surface area contributed by atoms with Gasteiger partial charge in [-0.15, -0.1) is 11.3 Å². The molecule has 4 aromatic rings. The van der Waals surface area contributed by atoms with Crippen LogP contribution in [-0.2, 0) is 10.0 Å². The fourth-order valence-electron chi connectivity index (χ4n) is 4.09. The number of hydrogen-bond acceptors (Lipinski definition) is 6. The maximum absolute atomic E-state index is 13.0. The Bertz CT molecular complexity index is 1460. The molecule has 1 atom stereocenters. The van der Waals surface area contributed by atoms with E-state index in [4.69, 9.17) is 28.2 Å². The van der Waals surface area contributed by atoms with E-state index in [1.54, 1.807) is 27.2 Å². The van der Waals surface area contributed by atoms with Crippen LogP contribution in [0.15, 0.2) is 57.3 Å². The van der Waals surface area contributed by atoms with Crippen LogP contribution < -0.4 is 5.32 Å². The summed E-state index contributed by atoms with van der Waals surface area (Å²) < 4.78 is 30.9. The smallest absolute Gasteiger partial charge is 0.252 e. The molecular formula is C22H20BrCl2N5O2S2. The first-order valence-corrected chi connectivity index (χ1v) is 14.4. The zero-order chi connectivity index (χ0) is 23.9. The van der Waals surface area contributed by atoms with Crippen molar-refractivity contribution >= 4 is 72.0 Å². The molecule has 3 aromatic heterocycles. The number of piperidine rings is 1. The number of nitrogens with zero attached hydrogens (tertiary/aromatic N) is 4. The summed E-state index contributed by atoms with van der Waals surface area (Å²) >= 11 is 17.0. The first kappa shape index (κ1) is 24.0. The first-order chi connectivity index (χ1) is 16.3. The van der Waals surface area contributed by atoms with Crippen LogP contribution in [0.4, 0.5) is 5.82 Å². The highest BCUT2D eigenvalue weighted by Gasteiger charge is 2.31. The van der Waals surface area contributed by atoms with Crippen LogP contribution in [0.5, 0.6) is 0 Å². The van der Waals surface area contributed by atoms with Crippen LogP contribution in [-0.4, -0.2) is 47.0 Å². The molecule has 4 heterocycles. The van der Waals surface area contributed by atoms with E-state index >= 15 is 0 Å². The summed E-state index contributed by atoms with van der Waals surface area (Å²) in [6.07, 6.45) is 3.43. The Labute approximate surface area is 219 Å². The van der Waals surface area contributed by atoms with Gasteiger partial charge in [-0.25, -0.2) is 13.4 Å². The SMILES string of the molecule is O=S(=O)(c1ccc(Cl)s1)N1CCCC(CNc2cc(-c3ccccc3Cl)nc3c(Br)cnn23)C1. The van der Waals surface area contributed by atoms with E-state index in [2.05, 4.69) is 26.3 Å². The molecule has 0 saturated carbocycles. The van der Waals surface area contributed by atoms with Gasteiger partial charge in [0.05, 0.1) is 20.7 Å². The number of aromatic nitrogens is 3. The Hall–Kier alpha value is -1.69. The van der Waals surface area contributed by atoms with Gasteiger partial charge in [-0.2, -0.15) is 13.9 Å². The predicted molar refractivity (Wildman–Crippen MR) is 140 cm³/mol. The summed E-state index contributed by atoms with van der Waals surface area (Å²) in [5, 5.41) is 8.52. The lowest BCUT2D eigenvalue weighted by Crippen LogP contribution is -2.41. The maximum Gasteiger partial charge on any atom is 0.252 e. The molecule has 0 amide bonds. The molecule has 1 aromatic carbocycles.